The summed E-state index contributed by atoms with van der Waals surface area (Å²) >= 11 is 3.34. The Morgan fingerprint density at radius 1 is 0.963 bits per heavy atom. The number of amides is 1. The standard InChI is InChI=1S/C21H20BrNO4/c22-15-5-3-14(4-6-15)17(24)8-10-20(25)23-16-7-9-18-19(13-16)27-21(26-18)11-1-2-12-21/h3-7,9,13H,1-2,8,10-12H2,(H,23,25). The molecule has 6 heteroatoms. The van der Waals surface area contributed by atoms with Gasteiger partial charge in [0.1, 0.15) is 0 Å². The van der Waals surface area contributed by atoms with Crippen LogP contribution in [-0.2, 0) is 4.79 Å². The first-order valence-corrected chi connectivity index (χ1v) is 9.93. The van der Waals surface area contributed by atoms with Crippen molar-refractivity contribution in [2.24, 2.45) is 0 Å². The summed E-state index contributed by atoms with van der Waals surface area (Å²) in [4.78, 5) is 24.4. The fraction of sp³-hybridized carbons (Fsp3) is 0.333. The summed E-state index contributed by atoms with van der Waals surface area (Å²) in [6.45, 7) is 0. The number of rotatable bonds is 5. The number of carbonyl (C=O) groups is 2. The Balaban J connectivity index is 1.33. The van der Waals surface area contributed by atoms with Crippen LogP contribution in [0.1, 0.15) is 48.9 Å². The Labute approximate surface area is 166 Å². The molecule has 1 amide bonds. The van der Waals surface area contributed by atoms with Crippen molar-refractivity contribution in [2.45, 2.75) is 44.3 Å². The van der Waals surface area contributed by atoms with E-state index in [1.165, 1.54) is 0 Å². The molecule has 0 atom stereocenters. The van der Waals surface area contributed by atoms with E-state index in [0.717, 1.165) is 35.9 Å². The van der Waals surface area contributed by atoms with Crippen molar-refractivity contribution in [3.05, 3.63) is 52.5 Å². The van der Waals surface area contributed by atoms with E-state index < -0.39 is 5.79 Å². The highest BCUT2D eigenvalue weighted by Crippen LogP contribution is 2.47. The maximum Gasteiger partial charge on any atom is 0.251 e. The normalized spacial score (nSPS) is 16.5. The second-order valence-corrected chi connectivity index (χ2v) is 7.88. The molecule has 27 heavy (non-hydrogen) atoms. The maximum absolute atomic E-state index is 12.2. The molecule has 4 rings (SSSR count). The number of anilines is 1. The van der Waals surface area contributed by atoms with E-state index >= 15 is 0 Å². The average molecular weight is 430 g/mol. The lowest BCUT2D eigenvalue weighted by molar-refractivity contribution is -0.116. The zero-order valence-corrected chi connectivity index (χ0v) is 16.4. The van der Waals surface area contributed by atoms with Gasteiger partial charge < -0.3 is 14.8 Å². The van der Waals surface area contributed by atoms with Crippen molar-refractivity contribution in [1.29, 1.82) is 0 Å². The van der Waals surface area contributed by atoms with Gasteiger partial charge in [0.15, 0.2) is 17.3 Å². The number of hydrogen-bond donors (Lipinski definition) is 1. The second-order valence-electron chi connectivity index (χ2n) is 6.96. The molecule has 2 aromatic rings. The zero-order valence-electron chi connectivity index (χ0n) is 14.8. The van der Waals surface area contributed by atoms with E-state index in [1.54, 1.807) is 24.3 Å². The van der Waals surface area contributed by atoms with Gasteiger partial charge in [-0.3, -0.25) is 9.59 Å². The molecule has 2 aromatic carbocycles. The van der Waals surface area contributed by atoms with Crippen molar-refractivity contribution >= 4 is 33.3 Å². The first-order valence-electron chi connectivity index (χ1n) is 9.14. The molecule has 1 aliphatic carbocycles. The fourth-order valence-electron chi connectivity index (χ4n) is 3.52. The number of benzene rings is 2. The van der Waals surface area contributed by atoms with Crippen LogP contribution in [0.2, 0.25) is 0 Å². The van der Waals surface area contributed by atoms with Crippen molar-refractivity contribution < 1.29 is 19.1 Å². The van der Waals surface area contributed by atoms with E-state index in [4.69, 9.17) is 9.47 Å². The lowest BCUT2D eigenvalue weighted by Gasteiger charge is -2.21. The van der Waals surface area contributed by atoms with Crippen LogP contribution in [0, 0.1) is 0 Å². The average Bonchev–Trinajstić information content (AvgIpc) is 3.26. The summed E-state index contributed by atoms with van der Waals surface area (Å²) in [5.41, 5.74) is 1.25. The molecule has 0 aromatic heterocycles. The van der Waals surface area contributed by atoms with Gasteiger partial charge in [0.05, 0.1) is 0 Å². The highest BCUT2D eigenvalue weighted by atomic mass is 79.9. The fourth-order valence-corrected chi connectivity index (χ4v) is 3.78. The second kappa shape index (κ2) is 7.35. The minimum Gasteiger partial charge on any atom is -0.448 e. The summed E-state index contributed by atoms with van der Waals surface area (Å²) in [6, 6.07) is 12.5. The Hall–Kier alpha value is -2.34. The molecule has 0 bridgehead atoms. The molecule has 5 nitrogen and oxygen atoms in total. The van der Waals surface area contributed by atoms with E-state index in [-0.39, 0.29) is 24.5 Å². The Morgan fingerprint density at radius 3 is 2.41 bits per heavy atom. The molecule has 0 radical (unpaired) electrons. The third-order valence-corrected chi connectivity index (χ3v) is 5.46. The number of Topliss-reactive ketones (excluding diaryl/α,β-unsaturated/α-hetero) is 1. The predicted octanol–water partition coefficient (Wildman–Crippen LogP) is 5.09. The summed E-state index contributed by atoms with van der Waals surface area (Å²) in [5, 5.41) is 2.83. The van der Waals surface area contributed by atoms with Crippen LogP contribution in [0.25, 0.3) is 0 Å². The molecule has 0 unspecified atom stereocenters. The number of ether oxygens (including phenoxy) is 2. The van der Waals surface area contributed by atoms with Gasteiger partial charge in [-0.15, -0.1) is 0 Å². The molecular weight excluding hydrogens is 410 g/mol. The van der Waals surface area contributed by atoms with Crippen molar-refractivity contribution in [3.63, 3.8) is 0 Å². The van der Waals surface area contributed by atoms with Crippen molar-refractivity contribution in [3.8, 4) is 11.5 Å². The molecule has 1 heterocycles. The molecule has 0 saturated heterocycles. The summed E-state index contributed by atoms with van der Waals surface area (Å²) in [6.07, 6.45) is 4.28. The van der Waals surface area contributed by atoms with E-state index in [1.807, 2.05) is 18.2 Å². The lowest BCUT2D eigenvalue weighted by Crippen LogP contribution is -2.34. The number of nitrogens with one attached hydrogen (secondary N) is 1. The highest BCUT2D eigenvalue weighted by Gasteiger charge is 2.44. The smallest absolute Gasteiger partial charge is 0.251 e. The van der Waals surface area contributed by atoms with Gasteiger partial charge >= 0.3 is 0 Å². The Kier molecular flexibility index (Phi) is 4.91. The number of halogens is 1. The van der Waals surface area contributed by atoms with E-state index in [2.05, 4.69) is 21.2 Å². The van der Waals surface area contributed by atoms with E-state index in [0.29, 0.717) is 17.0 Å². The first kappa shape index (κ1) is 18.0. The van der Waals surface area contributed by atoms with Gasteiger partial charge in [-0.05, 0) is 37.1 Å². The Morgan fingerprint density at radius 2 is 1.67 bits per heavy atom. The molecule has 1 aliphatic heterocycles. The lowest BCUT2D eigenvalue weighted by atomic mass is 10.1. The Bertz CT molecular complexity index is 872. The first-order chi connectivity index (χ1) is 13.0. The summed E-state index contributed by atoms with van der Waals surface area (Å²) < 4.78 is 12.9. The minimum atomic E-state index is -0.512. The maximum atomic E-state index is 12.2. The largest absolute Gasteiger partial charge is 0.448 e. The van der Waals surface area contributed by atoms with Gasteiger partial charge in [-0.1, -0.05) is 28.1 Å². The van der Waals surface area contributed by atoms with Crippen LogP contribution in [0.3, 0.4) is 0 Å². The summed E-state index contributed by atoms with van der Waals surface area (Å²) in [5.74, 6) is 0.629. The van der Waals surface area contributed by atoms with Crippen molar-refractivity contribution in [2.75, 3.05) is 5.32 Å². The minimum absolute atomic E-state index is 0.0495. The molecule has 1 spiro atoms. The molecular formula is C21H20BrNO4. The van der Waals surface area contributed by atoms with Crippen LogP contribution in [0.4, 0.5) is 5.69 Å². The molecule has 1 saturated carbocycles. The van der Waals surface area contributed by atoms with Crippen LogP contribution >= 0.6 is 15.9 Å². The van der Waals surface area contributed by atoms with Gasteiger partial charge in [0.2, 0.25) is 5.91 Å². The number of ketones is 1. The van der Waals surface area contributed by atoms with Gasteiger partial charge in [-0.25, -0.2) is 0 Å². The quantitative estimate of drug-likeness (QED) is 0.671. The van der Waals surface area contributed by atoms with Crippen LogP contribution in [0.15, 0.2) is 46.9 Å². The number of fused-ring (bicyclic) bond motifs is 1. The third kappa shape index (κ3) is 4.00. The summed E-state index contributed by atoms with van der Waals surface area (Å²) in [7, 11) is 0. The monoisotopic (exact) mass is 429 g/mol. The van der Waals surface area contributed by atoms with Gasteiger partial charge in [0.25, 0.3) is 5.79 Å². The predicted molar refractivity (Wildman–Crippen MR) is 105 cm³/mol. The third-order valence-electron chi connectivity index (χ3n) is 4.93. The number of hydrogen-bond acceptors (Lipinski definition) is 4. The van der Waals surface area contributed by atoms with Crippen LogP contribution in [-0.4, -0.2) is 17.5 Å². The van der Waals surface area contributed by atoms with Crippen LogP contribution in [0.5, 0.6) is 11.5 Å². The molecule has 2 aliphatic rings. The highest BCUT2D eigenvalue weighted by molar-refractivity contribution is 9.10. The molecule has 140 valence electrons. The zero-order chi connectivity index (χ0) is 18.9. The SMILES string of the molecule is O=C(CCC(=O)c1ccc(Br)cc1)Nc1ccc2c(c1)OC1(CCCC1)O2. The van der Waals surface area contributed by atoms with Crippen molar-refractivity contribution in [1.82, 2.24) is 0 Å². The number of carbonyl (C=O) groups excluding carboxylic acids is 2. The van der Waals surface area contributed by atoms with Crippen LogP contribution < -0.4 is 14.8 Å². The van der Waals surface area contributed by atoms with Gasteiger partial charge in [0, 0.05) is 47.5 Å². The molecule has 1 fully saturated rings. The topological polar surface area (TPSA) is 64.6 Å². The van der Waals surface area contributed by atoms with E-state index in [9.17, 15) is 9.59 Å². The van der Waals surface area contributed by atoms with Gasteiger partial charge in [-0.2, -0.15) is 0 Å². The molecule has 1 N–H and O–H groups in total.